The summed E-state index contributed by atoms with van der Waals surface area (Å²) in [6.45, 7) is 4.46. The van der Waals surface area contributed by atoms with E-state index in [0.29, 0.717) is 11.7 Å². The minimum atomic E-state index is 0.258. The van der Waals surface area contributed by atoms with E-state index in [4.69, 9.17) is 5.73 Å². The number of aromatic nitrogens is 2. The molecule has 2 rings (SSSR count). The van der Waals surface area contributed by atoms with Crippen LogP contribution in [0.4, 0.5) is 5.95 Å². The summed E-state index contributed by atoms with van der Waals surface area (Å²) in [6.07, 6.45) is 5.45. The van der Waals surface area contributed by atoms with Gasteiger partial charge >= 0.3 is 0 Å². The third-order valence-corrected chi connectivity index (χ3v) is 3.29. The first-order valence-electron chi connectivity index (χ1n) is 5.94. The van der Waals surface area contributed by atoms with E-state index in [1.807, 2.05) is 0 Å². The molecular formula is C12H18N4O. The van der Waals surface area contributed by atoms with Crippen molar-refractivity contribution in [3.8, 4) is 0 Å². The third kappa shape index (κ3) is 3.23. The van der Waals surface area contributed by atoms with Gasteiger partial charge in [-0.1, -0.05) is 0 Å². The van der Waals surface area contributed by atoms with Gasteiger partial charge in [0.25, 0.3) is 0 Å². The van der Waals surface area contributed by atoms with Gasteiger partial charge in [0, 0.05) is 30.4 Å². The van der Waals surface area contributed by atoms with Crippen molar-refractivity contribution in [2.75, 3.05) is 18.8 Å². The molecule has 0 spiro atoms. The summed E-state index contributed by atoms with van der Waals surface area (Å²) in [6, 6.07) is 0. The van der Waals surface area contributed by atoms with Gasteiger partial charge in [0.05, 0.1) is 0 Å². The number of nitrogens with two attached hydrogens (primary N) is 1. The van der Waals surface area contributed by atoms with E-state index in [9.17, 15) is 4.79 Å². The molecule has 1 aromatic rings. The van der Waals surface area contributed by atoms with Gasteiger partial charge < -0.3 is 5.73 Å². The minimum Gasteiger partial charge on any atom is -0.368 e. The van der Waals surface area contributed by atoms with Gasteiger partial charge in [-0.05, 0) is 32.9 Å². The van der Waals surface area contributed by atoms with Crippen LogP contribution < -0.4 is 5.73 Å². The van der Waals surface area contributed by atoms with Crippen molar-refractivity contribution in [2.45, 2.75) is 26.3 Å². The van der Waals surface area contributed by atoms with Crippen molar-refractivity contribution in [1.29, 1.82) is 0 Å². The van der Waals surface area contributed by atoms with Gasteiger partial charge in [0.1, 0.15) is 5.78 Å². The maximum Gasteiger partial charge on any atom is 0.219 e. The van der Waals surface area contributed by atoms with E-state index in [1.54, 1.807) is 19.3 Å². The summed E-state index contributed by atoms with van der Waals surface area (Å²) in [4.78, 5) is 21.5. The van der Waals surface area contributed by atoms with E-state index < -0.39 is 0 Å². The summed E-state index contributed by atoms with van der Waals surface area (Å²) >= 11 is 0. The molecule has 2 heterocycles. The molecule has 1 fully saturated rings. The van der Waals surface area contributed by atoms with Gasteiger partial charge in [0.15, 0.2) is 0 Å². The zero-order valence-corrected chi connectivity index (χ0v) is 10.1. The van der Waals surface area contributed by atoms with E-state index in [0.717, 1.165) is 38.0 Å². The Morgan fingerprint density at radius 1 is 1.41 bits per heavy atom. The Labute approximate surface area is 101 Å². The monoisotopic (exact) mass is 234 g/mol. The smallest absolute Gasteiger partial charge is 0.219 e. The fourth-order valence-electron chi connectivity index (χ4n) is 2.20. The molecule has 17 heavy (non-hydrogen) atoms. The van der Waals surface area contributed by atoms with Gasteiger partial charge in [-0.3, -0.25) is 9.69 Å². The summed E-state index contributed by atoms with van der Waals surface area (Å²) in [5.41, 5.74) is 6.51. The van der Waals surface area contributed by atoms with E-state index >= 15 is 0 Å². The van der Waals surface area contributed by atoms with Gasteiger partial charge in [-0.2, -0.15) is 0 Å². The van der Waals surface area contributed by atoms with Crippen LogP contribution in [0.25, 0.3) is 0 Å². The van der Waals surface area contributed by atoms with Crippen LogP contribution in [0, 0.1) is 5.92 Å². The Bertz CT molecular complexity index is 382. The Morgan fingerprint density at radius 3 is 2.53 bits per heavy atom. The van der Waals surface area contributed by atoms with Gasteiger partial charge in [0.2, 0.25) is 5.95 Å². The highest BCUT2D eigenvalue weighted by Crippen LogP contribution is 2.19. The molecule has 0 bridgehead atoms. The number of Topliss-reactive ketones (excluding diaryl/α,β-unsaturated/α-hetero) is 1. The maximum atomic E-state index is 11.2. The second-order valence-corrected chi connectivity index (χ2v) is 4.61. The van der Waals surface area contributed by atoms with Crippen LogP contribution in [0.3, 0.4) is 0 Å². The lowest BCUT2D eigenvalue weighted by atomic mass is 9.93. The molecule has 0 saturated carbocycles. The Balaban J connectivity index is 1.85. The van der Waals surface area contributed by atoms with E-state index in [1.165, 1.54) is 0 Å². The number of hydrogen-bond acceptors (Lipinski definition) is 5. The van der Waals surface area contributed by atoms with Crippen molar-refractivity contribution in [3.05, 3.63) is 18.0 Å². The average Bonchev–Trinajstić information content (AvgIpc) is 2.33. The van der Waals surface area contributed by atoms with Crippen molar-refractivity contribution in [1.82, 2.24) is 14.9 Å². The molecule has 0 unspecified atom stereocenters. The highest BCUT2D eigenvalue weighted by Gasteiger charge is 2.22. The van der Waals surface area contributed by atoms with Crippen LogP contribution in [0.1, 0.15) is 25.3 Å². The fourth-order valence-corrected chi connectivity index (χ4v) is 2.20. The molecule has 5 nitrogen and oxygen atoms in total. The Hall–Kier alpha value is -1.49. The largest absolute Gasteiger partial charge is 0.368 e. The number of hydrogen-bond donors (Lipinski definition) is 1. The van der Waals surface area contributed by atoms with Crippen LogP contribution in [0.15, 0.2) is 12.4 Å². The molecule has 0 aromatic carbocycles. The van der Waals surface area contributed by atoms with Crippen LogP contribution >= 0.6 is 0 Å². The maximum absolute atomic E-state index is 11.2. The van der Waals surface area contributed by atoms with Gasteiger partial charge in [-0.15, -0.1) is 0 Å². The number of likely N-dealkylation sites (tertiary alicyclic amines) is 1. The molecular weight excluding hydrogens is 216 g/mol. The predicted octanol–water partition coefficient (Wildman–Crippen LogP) is 0.860. The van der Waals surface area contributed by atoms with E-state index in [-0.39, 0.29) is 5.92 Å². The molecule has 1 aromatic heterocycles. The molecule has 1 aliphatic heterocycles. The molecule has 5 heteroatoms. The standard InChI is InChI=1S/C12H18N4O/c1-9(17)11-2-4-16(5-3-11)8-10-6-14-12(13)15-7-10/h6-7,11H,2-5,8H2,1H3,(H2,13,14,15). The van der Waals surface area contributed by atoms with Crippen molar-refractivity contribution in [2.24, 2.45) is 5.92 Å². The lowest BCUT2D eigenvalue weighted by Gasteiger charge is -2.30. The molecule has 0 radical (unpaired) electrons. The fraction of sp³-hybridized carbons (Fsp3) is 0.583. The lowest BCUT2D eigenvalue weighted by Crippen LogP contribution is -2.35. The van der Waals surface area contributed by atoms with Crippen molar-refractivity contribution < 1.29 is 4.79 Å². The third-order valence-electron chi connectivity index (χ3n) is 3.29. The molecule has 1 aliphatic rings. The van der Waals surface area contributed by atoms with Crippen LogP contribution in [0.5, 0.6) is 0 Å². The normalized spacial score (nSPS) is 18.2. The first-order chi connectivity index (χ1) is 8.15. The molecule has 1 saturated heterocycles. The molecule has 0 atom stereocenters. The first kappa shape index (κ1) is 12.0. The number of piperidine rings is 1. The summed E-state index contributed by atoms with van der Waals surface area (Å²) in [7, 11) is 0. The molecule has 92 valence electrons. The van der Waals surface area contributed by atoms with E-state index in [2.05, 4.69) is 14.9 Å². The Morgan fingerprint density at radius 2 is 2.00 bits per heavy atom. The zero-order valence-electron chi connectivity index (χ0n) is 10.1. The highest BCUT2D eigenvalue weighted by atomic mass is 16.1. The average molecular weight is 234 g/mol. The first-order valence-corrected chi connectivity index (χ1v) is 5.94. The number of carbonyl (C=O) groups excluding carboxylic acids is 1. The molecule has 2 N–H and O–H groups in total. The van der Waals surface area contributed by atoms with Gasteiger partial charge in [-0.25, -0.2) is 9.97 Å². The SMILES string of the molecule is CC(=O)C1CCN(Cc2cnc(N)nc2)CC1. The topological polar surface area (TPSA) is 72.1 Å². The summed E-state index contributed by atoms with van der Waals surface area (Å²) in [5, 5.41) is 0. The quantitative estimate of drug-likeness (QED) is 0.839. The number of carbonyl (C=O) groups is 1. The lowest BCUT2D eigenvalue weighted by molar-refractivity contribution is -0.122. The minimum absolute atomic E-state index is 0.258. The van der Waals surface area contributed by atoms with Crippen molar-refractivity contribution in [3.63, 3.8) is 0 Å². The highest BCUT2D eigenvalue weighted by molar-refractivity contribution is 5.78. The van der Waals surface area contributed by atoms with Crippen molar-refractivity contribution >= 4 is 11.7 Å². The summed E-state index contributed by atoms with van der Waals surface area (Å²) < 4.78 is 0. The van der Waals surface area contributed by atoms with Crippen LogP contribution in [-0.4, -0.2) is 33.7 Å². The Kier molecular flexibility index (Phi) is 3.68. The number of rotatable bonds is 3. The second-order valence-electron chi connectivity index (χ2n) is 4.61. The molecule has 0 aliphatic carbocycles. The second kappa shape index (κ2) is 5.23. The van der Waals surface area contributed by atoms with Crippen LogP contribution in [0.2, 0.25) is 0 Å². The zero-order chi connectivity index (χ0) is 12.3. The number of ketones is 1. The number of nitrogens with zero attached hydrogens (tertiary/aromatic N) is 3. The summed E-state index contributed by atoms with van der Waals surface area (Å²) in [5.74, 6) is 0.887. The molecule has 0 amide bonds. The number of nitrogen functional groups attached to an aromatic ring is 1. The van der Waals surface area contributed by atoms with Crippen LogP contribution in [-0.2, 0) is 11.3 Å². The number of anilines is 1. The predicted molar refractivity (Wildman–Crippen MR) is 65.1 cm³/mol.